The molecule has 1 fully saturated rings. The zero-order chi connectivity index (χ0) is 18.9. The van der Waals surface area contributed by atoms with Crippen molar-refractivity contribution >= 4 is 11.8 Å². The summed E-state index contributed by atoms with van der Waals surface area (Å²) < 4.78 is 17.0. The molecular weight excluding hydrogens is 320 g/mol. The smallest absolute Gasteiger partial charge is 0.330 e. The number of carbonyl (C=O) groups is 2. The second kappa shape index (κ2) is 9.74. The molecule has 0 saturated carbocycles. The molecule has 0 unspecified atom stereocenters. The van der Waals surface area contributed by atoms with Crippen LogP contribution < -0.4 is 0 Å². The fourth-order valence-corrected chi connectivity index (χ4v) is 2.64. The average molecular weight is 350 g/mol. The van der Waals surface area contributed by atoms with Crippen LogP contribution in [0.3, 0.4) is 0 Å². The predicted octanol–water partition coefficient (Wildman–Crippen LogP) is 3.27. The quantitative estimate of drug-likeness (QED) is 0.363. The van der Waals surface area contributed by atoms with Gasteiger partial charge in [0, 0.05) is 23.3 Å². The first-order chi connectivity index (χ1) is 11.8. The highest BCUT2D eigenvalue weighted by atomic mass is 16.7. The summed E-state index contributed by atoms with van der Waals surface area (Å²) >= 11 is 0. The summed E-state index contributed by atoms with van der Waals surface area (Å²) in [4.78, 5) is 23.1. The van der Waals surface area contributed by atoms with Crippen molar-refractivity contribution in [1.29, 1.82) is 0 Å². The minimum Gasteiger partial charge on any atom is -0.462 e. The summed E-state index contributed by atoms with van der Waals surface area (Å²) in [6, 6.07) is 0. The molecule has 1 aliphatic rings. The van der Waals surface area contributed by atoms with Gasteiger partial charge >= 0.3 is 5.97 Å². The Balaban J connectivity index is 2.55. The van der Waals surface area contributed by atoms with Crippen LogP contribution in [0, 0.1) is 22.7 Å². The predicted molar refractivity (Wildman–Crippen MR) is 95.7 cm³/mol. The highest BCUT2D eigenvalue weighted by Gasteiger charge is 2.42. The van der Waals surface area contributed by atoms with Crippen LogP contribution in [0.25, 0.3) is 0 Å². The monoisotopic (exact) mass is 350 g/mol. The molecule has 0 bridgehead atoms. The van der Waals surface area contributed by atoms with E-state index in [1.165, 1.54) is 0 Å². The summed E-state index contributed by atoms with van der Waals surface area (Å²) in [6.45, 7) is 12.3. The SMILES string of the molecule is C=CC(=O)OCC(C)(C)C1OCC(CC)(CCC(=O)CC#CC)CO1. The normalized spacial score (nSPS) is 23.3. The lowest BCUT2D eigenvalue weighted by atomic mass is 9.80. The van der Waals surface area contributed by atoms with E-state index in [1.54, 1.807) is 6.92 Å². The van der Waals surface area contributed by atoms with Crippen LogP contribution in [0.2, 0.25) is 0 Å². The van der Waals surface area contributed by atoms with Gasteiger partial charge in [-0.25, -0.2) is 4.79 Å². The molecule has 1 aliphatic heterocycles. The maximum absolute atomic E-state index is 11.9. The topological polar surface area (TPSA) is 61.8 Å². The number of esters is 1. The Morgan fingerprint density at radius 3 is 2.52 bits per heavy atom. The molecule has 0 atom stereocenters. The number of hydrogen-bond acceptors (Lipinski definition) is 5. The number of ketones is 1. The van der Waals surface area contributed by atoms with Gasteiger partial charge in [-0.1, -0.05) is 33.3 Å². The molecule has 5 heteroatoms. The van der Waals surface area contributed by atoms with E-state index in [9.17, 15) is 9.59 Å². The van der Waals surface area contributed by atoms with Gasteiger partial charge in [-0.05, 0) is 19.8 Å². The molecule has 1 rings (SSSR count). The Hall–Kier alpha value is -1.64. The number of rotatable bonds is 9. The van der Waals surface area contributed by atoms with E-state index in [0.717, 1.165) is 18.9 Å². The summed E-state index contributed by atoms with van der Waals surface area (Å²) in [5.41, 5.74) is -0.620. The number of ether oxygens (including phenoxy) is 3. The van der Waals surface area contributed by atoms with Gasteiger partial charge in [0.15, 0.2) is 6.29 Å². The van der Waals surface area contributed by atoms with Crippen molar-refractivity contribution in [2.45, 2.75) is 59.7 Å². The van der Waals surface area contributed by atoms with Crippen molar-refractivity contribution < 1.29 is 23.8 Å². The van der Waals surface area contributed by atoms with Crippen LogP contribution in [0.5, 0.6) is 0 Å². The van der Waals surface area contributed by atoms with E-state index >= 15 is 0 Å². The fourth-order valence-electron chi connectivity index (χ4n) is 2.64. The van der Waals surface area contributed by atoms with Crippen LogP contribution in [0.4, 0.5) is 0 Å². The van der Waals surface area contributed by atoms with Crippen molar-refractivity contribution in [1.82, 2.24) is 0 Å². The van der Waals surface area contributed by atoms with Crippen LogP contribution in [-0.2, 0) is 23.8 Å². The molecule has 0 aromatic rings. The first-order valence-corrected chi connectivity index (χ1v) is 8.72. The van der Waals surface area contributed by atoms with E-state index in [1.807, 2.05) is 13.8 Å². The van der Waals surface area contributed by atoms with E-state index in [2.05, 4.69) is 25.3 Å². The number of Topliss-reactive ketones (excluding diaryl/α,β-unsaturated/α-hetero) is 1. The molecule has 5 nitrogen and oxygen atoms in total. The molecular formula is C20H30O5. The Morgan fingerprint density at radius 2 is 2.00 bits per heavy atom. The van der Waals surface area contributed by atoms with Crippen molar-refractivity contribution in [3.8, 4) is 11.8 Å². The second-order valence-electron chi connectivity index (χ2n) is 7.25. The van der Waals surface area contributed by atoms with Crippen molar-refractivity contribution in [2.75, 3.05) is 19.8 Å². The van der Waals surface area contributed by atoms with Crippen LogP contribution in [0.15, 0.2) is 12.7 Å². The average Bonchev–Trinajstić information content (AvgIpc) is 2.63. The minimum absolute atomic E-state index is 0.153. The van der Waals surface area contributed by atoms with Crippen molar-refractivity contribution in [3.63, 3.8) is 0 Å². The molecule has 1 saturated heterocycles. The highest BCUT2D eigenvalue weighted by molar-refractivity contribution is 5.81. The van der Waals surface area contributed by atoms with Gasteiger partial charge in [-0.3, -0.25) is 4.79 Å². The van der Waals surface area contributed by atoms with Gasteiger partial charge in [-0.15, -0.1) is 5.92 Å². The molecule has 0 radical (unpaired) electrons. The summed E-state index contributed by atoms with van der Waals surface area (Å²) in [5, 5.41) is 0. The van der Waals surface area contributed by atoms with Crippen LogP contribution >= 0.6 is 0 Å². The molecule has 0 amide bonds. The van der Waals surface area contributed by atoms with Gasteiger partial charge in [-0.2, -0.15) is 0 Å². The van der Waals surface area contributed by atoms with Crippen LogP contribution in [0.1, 0.15) is 53.4 Å². The molecule has 140 valence electrons. The third kappa shape index (κ3) is 6.64. The lowest BCUT2D eigenvalue weighted by molar-refractivity contribution is -0.276. The maximum atomic E-state index is 11.9. The summed E-state index contributed by atoms with van der Waals surface area (Å²) in [7, 11) is 0. The zero-order valence-electron chi connectivity index (χ0n) is 15.9. The third-order valence-corrected chi connectivity index (χ3v) is 4.62. The summed E-state index contributed by atoms with van der Waals surface area (Å²) in [6.07, 6.45) is 3.08. The van der Waals surface area contributed by atoms with E-state index in [-0.39, 0.29) is 17.8 Å². The van der Waals surface area contributed by atoms with E-state index in [0.29, 0.717) is 26.1 Å². The molecule has 0 N–H and O–H groups in total. The molecule has 0 aromatic carbocycles. The molecule has 0 aromatic heterocycles. The van der Waals surface area contributed by atoms with Gasteiger partial charge in [0.25, 0.3) is 0 Å². The fraction of sp³-hybridized carbons (Fsp3) is 0.700. The minimum atomic E-state index is -0.467. The molecule has 0 spiro atoms. The standard InChI is InChI=1S/C20H30O5/c1-6-9-10-16(21)11-12-20(8-3)14-24-18(25-15-20)19(4,5)13-23-17(22)7-2/h7,18H,2,8,10-15H2,1,3-5H3. The molecule has 1 heterocycles. The van der Waals surface area contributed by atoms with E-state index in [4.69, 9.17) is 14.2 Å². The second-order valence-corrected chi connectivity index (χ2v) is 7.25. The zero-order valence-corrected chi connectivity index (χ0v) is 15.9. The summed E-state index contributed by atoms with van der Waals surface area (Å²) in [5.74, 6) is 5.25. The Morgan fingerprint density at radius 1 is 1.36 bits per heavy atom. The van der Waals surface area contributed by atoms with Crippen molar-refractivity contribution in [3.05, 3.63) is 12.7 Å². The van der Waals surface area contributed by atoms with E-state index < -0.39 is 17.7 Å². The lowest BCUT2D eigenvalue weighted by Gasteiger charge is -2.44. The van der Waals surface area contributed by atoms with Gasteiger partial charge in [0.05, 0.1) is 19.6 Å². The number of hydrogen-bond donors (Lipinski definition) is 0. The Kier molecular flexibility index (Phi) is 8.34. The Labute approximate surface area is 151 Å². The van der Waals surface area contributed by atoms with Gasteiger partial charge < -0.3 is 14.2 Å². The van der Waals surface area contributed by atoms with Crippen LogP contribution in [-0.4, -0.2) is 37.9 Å². The lowest BCUT2D eigenvalue weighted by Crippen LogP contribution is -2.48. The molecule has 25 heavy (non-hydrogen) atoms. The third-order valence-electron chi connectivity index (χ3n) is 4.62. The van der Waals surface area contributed by atoms with Gasteiger partial charge in [0.1, 0.15) is 12.4 Å². The maximum Gasteiger partial charge on any atom is 0.330 e. The Bertz CT molecular complexity index is 530. The first kappa shape index (κ1) is 21.4. The van der Waals surface area contributed by atoms with Gasteiger partial charge in [0.2, 0.25) is 0 Å². The number of carbonyl (C=O) groups excluding carboxylic acids is 2. The molecule has 0 aliphatic carbocycles. The highest BCUT2D eigenvalue weighted by Crippen LogP contribution is 2.38. The first-order valence-electron chi connectivity index (χ1n) is 8.72. The van der Waals surface area contributed by atoms with Crippen molar-refractivity contribution in [2.24, 2.45) is 10.8 Å². The largest absolute Gasteiger partial charge is 0.462 e.